The summed E-state index contributed by atoms with van der Waals surface area (Å²) in [4.78, 5) is 22.0. The molecule has 0 heterocycles. The van der Waals surface area contributed by atoms with Gasteiger partial charge in [0.1, 0.15) is 6.04 Å². The Balaban J connectivity index is 2.14. The van der Waals surface area contributed by atoms with Crippen LogP contribution in [-0.2, 0) is 16.1 Å². The van der Waals surface area contributed by atoms with E-state index in [-0.39, 0.29) is 5.91 Å². The smallest absolute Gasteiger partial charge is 0.320 e. The SMILES string of the molecule is NC(CCSCC(=O)NCc1ccc(Cl)cc1)C(=O)O. The zero-order valence-electron chi connectivity index (χ0n) is 10.8. The molecule has 0 spiro atoms. The standard InChI is InChI=1S/C13H17ClN2O3S/c14-10-3-1-9(2-4-10)7-16-12(17)8-20-6-5-11(15)13(18)19/h1-4,11H,5-8,15H2,(H,16,17)(H,18,19). The number of thioether (sulfide) groups is 1. The van der Waals surface area contributed by atoms with Gasteiger partial charge < -0.3 is 16.2 Å². The van der Waals surface area contributed by atoms with Gasteiger partial charge in [0.2, 0.25) is 5.91 Å². The second-order valence-corrected chi connectivity index (χ2v) is 5.73. The lowest BCUT2D eigenvalue weighted by Crippen LogP contribution is -2.31. The highest BCUT2D eigenvalue weighted by Gasteiger charge is 2.11. The maximum absolute atomic E-state index is 11.6. The maximum atomic E-state index is 11.6. The molecule has 0 saturated carbocycles. The van der Waals surface area contributed by atoms with Crippen molar-refractivity contribution < 1.29 is 14.7 Å². The minimum absolute atomic E-state index is 0.0890. The van der Waals surface area contributed by atoms with Crippen LogP contribution in [0.15, 0.2) is 24.3 Å². The molecule has 1 unspecified atom stereocenters. The Morgan fingerprint density at radius 2 is 2.00 bits per heavy atom. The third kappa shape index (κ3) is 6.79. The number of carboxylic acids is 1. The predicted octanol–water partition coefficient (Wildman–Crippen LogP) is 1.49. The van der Waals surface area contributed by atoms with E-state index in [4.69, 9.17) is 22.4 Å². The van der Waals surface area contributed by atoms with Gasteiger partial charge in [-0.15, -0.1) is 0 Å². The van der Waals surface area contributed by atoms with Crippen LogP contribution in [0.4, 0.5) is 0 Å². The van der Waals surface area contributed by atoms with Gasteiger partial charge in [-0.25, -0.2) is 0 Å². The number of nitrogens with one attached hydrogen (secondary N) is 1. The molecule has 5 nitrogen and oxygen atoms in total. The second-order valence-electron chi connectivity index (χ2n) is 4.19. The monoisotopic (exact) mass is 316 g/mol. The zero-order valence-corrected chi connectivity index (χ0v) is 12.4. The fourth-order valence-electron chi connectivity index (χ4n) is 1.35. The first kappa shape index (κ1) is 16.8. The maximum Gasteiger partial charge on any atom is 0.320 e. The molecule has 1 aromatic rings. The Hall–Kier alpha value is -1.24. The Kier molecular flexibility index (Phi) is 7.43. The van der Waals surface area contributed by atoms with Crippen LogP contribution < -0.4 is 11.1 Å². The highest BCUT2D eigenvalue weighted by Crippen LogP contribution is 2.09. The molecule has 1 atom stereocenters. The van der Waals surface area contributed by atoms with Crippen LogP contribution in [0.25, 0.3) is 0 Å². The molecule has 0 bridgehead atoms. The molecule has 1 rings (SSSR count). The largest absolute Gasteiger partial charge is 0.480 e. The van der Waals surface area contributed by atoms with Crippen molar-refractivity contribution in [1.82, 2.24) is 5.32 Å². The highest BCUT2D eigenvalue weighted by molar-refractivity contribution is 7.99. The van der Waals surface area contributed by atoms with Crippen molar-refractivity contribution in [2.75, 3.05) is 11.5 Å². The Morgan fingerprint density at radius 1 is 1.35 bits per heavy atom. The molecule has 1 aromatic carbocycles. The summed E-state index contributed by atoms with van der Waals surface area (Å²) < 4.78 is 0. The normalized spacial score (nSPS) is 11.9. The zero-order chi connectivity index (χ0) is 15.0. The first-order chi connectivity index (χ1) is 9.49. The van der Waals surface area contributed by atoms with Crippen molar-refractivity contribution in [3.05, 3.63) is 34.9 Å². The summed E-state index contributed by atoms with van der Waals surface area (Å²) in [6.45, 7) is 0.450. The van der Waals surface area contributed by atoms with Crippen molar-refractivity contribution in [3.8, 4) is 0 Å². The fourth-order valence-corrected chi connectivity index (χ4v) is 2.33. The van der Waals surface area contributed by atoms with E-state index in [0.717, 1.165) is 5.56 Å². The summed E-state index contributed by atoms with van der Waals surface area (Å²) in [7, 11) is 0. The van der Waals surface area contributed by atoms with E-state index in [1.54, 1.807) is 12.1 Å². The average Bonchev–Trinajstić information content (AvgIpc) is 2.42. The van der Waals surface area contributed by atoms with Crippen molar-refractivity contribution in [2.45, 2.75) is 19.0 Å². The number of hydrogen-bond donors (Lipinski definition) is 3. The number of carbonyl (C=O) groups excluding carboxylic acids is 1. The van der Waals surface area contributed by atoms with Crippen LogP contribution in [0, 0.1) is 0 Å². The molecule has 20 heavy (non-hydrogen) atoms. The number of hydrogen-bond acceptors (Lipinski definition) is 4. The lowest BCUT2D eigenvalue weighted by molar-refractivity contribution is -0.138. The minimum Gasteiger partial charge on any atom is -0.480 e. The minimum atomic E-state index is -1.02. The topological polar surface area (TPSA) is 92.4 Å². The van der Waals surface area contributed by atoms with Gasteiger partial charge in [-0.1, -0.05) is 23.7 Å². The Labute approximate surface area is 126 Å². The van der Waals surface area contributed by atoms with E-state index in [1.165, 1.54) is 11.8 Å². The van der Waals surface area contributed by atoms with E-state index < -0.39 is 12.0 Å². The van der Waals surface area contributed by atoms with E-state index in [0.29, 0.717) is 29.5 Å². The van der Waals surface area contributed by atoms with E-state index in [2.05, 4.69) is 5.32 Å². The number of carboxylic acid groups (broad SMARTS) is 1. The van der Waals surface area contributed by atoms with Crippen molar-refractivity contribution in [3.63, 3.8) is 0 Å². The summed E-state index contributed by atoms with van der Waals surface area (Å²) >= 11 is 7.13. The van der Waals surface area contributed by atoms with E-state index in [1.807, 2.05) is 12.1 Å². The van der Waals surface area contributed by atoms with Crippen LogP contribution in [0.3, 0.4) is 0 Å². The van der Waals surface area contributed by atoms with Crippen LogP contribution in [0.1, 0.15) is 12.0 Å². The number of carbonyl (C=O) groups is 2. The third-order valence-electron chi connectivity index (χ3n) is 2.53. The molecule has 0 fully saturated rings. The Morgan fingerprint density at radius 3 is 2.60 bits per heavy atom. The molecule has 0 aromatic heterocycles. The molecular weight excluding hydrogens is 300 g/mol. The number of amides is 1. The Bertz CT molecular complexity index is 453. The van der Waals surface area contributed by atoms with Gasteiger partial charge in [0.15, 0.2) is 0 Å². The number of rotatable bonds is 8. The predicted molar refractivity (Wildman–Crippen MR) is 80.9 cm³/mol. The highest BCUT2D eigenvalue weighted by atomic mass is 35.5. The molecule has 0 aliphatic heterocycles. The molecule has 0 aliphatic rings. The summed E-state index contributed by atoms with van der Waals surface area (Å²) in [5.74, 6) is -0.270. The summed E-state index contributed by atoms with van der Waals surface area (Å²) in [5.41, 5.74) is 6.33. The molecule has 1 amide bonds. The third-order valence-corrected chi connectivity index (χ3v) is 3.77. The number of aliphatic carboxylic acids is 1. The van der Waals surface area contributed by atoms with Gasteiger partial charge in [-0.2, -0.15) is 11.8 Å². The molecule has 110 valence electrons. The van der Waals surface area contributed by atoms with Crippen molar-refractivity contribution in [2.24, 2.45) is 5.73 Å². The fraction of sp³-hybridized carbons (Fsp3) is 0.385. The summed E-state index contributed by atoms with van der Waals surface area (Å²) in [5, 5.41) is 12.0. The van der Waals surface area contributed by atoms with Crippen molar-refractivity contribution in [1.29, 1.82) is 0 Å². The average molecular weight is 317 g/mol. The van der Waals surface area contributed by atoms with Crippen LogP contribution in [0.2, 0.25) is 5.02 Å². The first-order valence-electron chi connectivity index (χ1n) is 6.06. The van der Waals surface area contributed by atoms with Gasteiger partial charge >= 0.3 is 5.97 Å². The molecule has 0 radical (unpaired) electrons. The van der Waals surface area contributed by atoms with Gasteiger partial charge in [-0.3, -0.25) is 9.59 Å². The number of nitrogens with two attached hydrogens (primary N) is 1. The second kappa shape index (κ2) is 8.84. The molecular formula is C13H17ClN2O3S. The van der Waals surface area contributed by atoms with Crippen molar-refractivity contribution >= 4 is 35.2 Å². The summed E-state index contributed by atoms with van der Waals surface area (Å²) in [6, 6.07) is 6.37. The van der Waals surface area contributed by atoms with Gasteiger partial charge in [0, 0.05) is 11.6 Å². The molecule has 4 N–H and O–H groups in total. The summed E-state index contributed by atoms with van der Waals surface area (Å²) in [6.07, 6.45) is 0.352. The quantitative estimate of drug-likeness (QED) is 0.632. The van der Waals surface area contributed by atoms with Gasteiger partial charge in [0.05, 0.1) is 5.75 Å². The van der Waals surface area contributed by atoms with E-state index >= 15 is 0 Å². The first-order valence-corrected chi connectivity index (χ1v) is 7.59. The molecule has 7 heteroatoms. The number of benzene rings is 1. The van der Waals surface area contributed by atoms with Crippen LogP contribution >= 0.6 is 23.4 Å². The van der Waals surface area contributed by atoms with Crippen LogP contribution in [-0.4, -0.2) is 34.5 Å². The number of halogens is 1. The molecule has 0 aliphatic carbocycles. The van der Waals surface area contributed by atoms with Gasteiger partial charge in [0.25, 0.3) is 0 Å². The lowest BCUT2D eigenvalue weighted by atomic mass is 10.2. The molecule has 0 saturated heterocycles. The van der Waals surface area contributed by atoms with Gasteiger partial charge in [-0.05, 0) is 29.9 Å². The lowest BCUT2D eigenvalue weighted by Gasteiger charge is -2.07. The van der Waals surface area contributed by atoms with E-state index in [9.17, 15) is 9.59 Å². The van der Waals surface area contributed by atoms with Crippen LogP contribution in [0.5, 0.6) is 0 Å².